The number of aryl methyl sites for hydroxylation is 1. The number of anilines is 1. The van der Waals surface area contributed by atoms with Gasteiger partial charge in [-0.25, -0.2) is 4.98 Å². The molecule has 1 amide bonds. The Morgan fingerprint density at radius 3 is 2.74 bits per heavy atom. The van der Waals surface area contributed by atoms with E-state index >= 15 is 0 Å². The van der Waals surface area contributed by atoms with Crippen LogP contribution < -0.4 is 10.1 Å². The summed E-state index contributed by atoms with van der Waals surface area (Å²) in [6.07, 6.45) is 11.9. The second-order valence-electron chi connectivity index (χ2n) is 6.00. The summed E-state index contributed by atoms with van der Waals surface area (Å²) in [6, 6.07) is 7.66. The number of rotatable bonds is 7. The summed E-state index contributed by atoms with van der Waals surface area (Å²) in [6.45, 7) is 0.807. The van der Waals surface area contributed by atoms with Gasteiger partial charge in [0.05, 0.1) is 12.4 Å². The summed E-state index contributed by atoms with van der Waals surface area (Å²) in [4.78, 5) is 15.9. The second-order valence-corrected chi connectivity index (χ2v) is 6.00. The Morgan fingerprint density at radius 2 is 2.04 bits per heavy atom. The molecule has 0 bridgehead atoms. The number of hydrogen-bond donors (Lipinski definition) is 1. The molecule has 0 spiro atoms. The van der Waals surface area contributed by atoms with Gasteiger partial charge < -0.3 is 14.6 Å². The van der Waals surface area contributed by atoms with Crippen LogP contribution in [0.15, 0.2) is 43.0 Å². The van der Waals surface area contributed by atoms with Crippen molar-refractivity contribution in [3.8, 4) is 5.75 Å². The van der Waals surface area contributed by atoms with Crippen LogP contribution in [0.1, 0.15) is 38.5 Å². The highest BCUT2D eigenvalue weighted by Gasteiger charge is 2.16. The van der Waals surface area contributed by atoms with Crippen molar-refractivity contribution in [2.24, 2.45) is 0 Å². The van der Waals surface area contributed by atoms with Crippen LogP contribution in [0.4, 0.5) is 5.69 Å². The van der Waals surface area contributed by atoms with E-state index in [2.05, 4.69) is 10.3 Å². The van der Waals surface area contributed by atoms with Crippen LogP contribution in [0.5, 0.6) is 5.75 Å². The quantitative estimate of drug-likeness (QED) is 0.849. The maximum atomic E-state index is 11.9. The predicted molar refractivity (Wildman–Crippen MR) is 89.4 cm³/mol. The SMILES string of the molecule is O=C(CCCn1ccnc1)Nc1ccc(OC2CCCC2)cc1. The molecule has 1 heterocycles. The van der Waals surface area contributed by atoms with Crippen LogP contribution in [-0.4, -0.2) is 21.6 Å². The van der Waals surface area contributed by atoms with Crippen molar-refractivity contribution in [1.29, 1.82) is 0 Å². The molecule has 1 saturated carbocycles. The number of benzene rings is 1. The average molecular weight is 313 g/mol. The lowest BCUT2D eigenvalue weighted by Gasteiger charge is -2.13. The van der Waals surface area contributed by atoms with E-state index in [1.165, 1.54) is 12.8 Å². The lowest BCUT2D eigenvalue weighted by Crippen LogP contribution is -2.13. The molecular weight excluding hydrogens is 290 g/mol. The molecule has 0 saturated heterocycles. The van der Waals surface area contributed by atoms with Gasteiger partial charge in [0.25, 0.3) is 0 Å². The van der Waals surface area contributed by atoms with Crippen molar-refractivity contribution in [1.82, 2.24) is 9.55 Å². The fourth-order valence-electron chi connectivity index (χ4n) is 2.88. The Bertz CT molecular complexity index is 602. The Kier molecular flexibility index (Phi) is 5.29. The van der Waals surface area contributed by atoms with Crippen molar-refractivity contribution in [3.05, 3.63) is 43.0 Å². The van der Waals surface area contributed by atoms with E-state index in [0.717, 1.165) is 37.2 Å². The van der Waals surface area contributed by atoms with Gasteiger partial charge in [0.15, 0.2) is 0 Å². The van der Waals surface area contributed by atoms with Crippen LogP contribution in [0.2, 0.25) is 0 Å². The monoisotopic (exact) mass is 313 g/mol. The molecular formula is C18H23N3O2. The molecule has 1 aliphatic carbocycles. The highest BCUT2D eigenvalue weighted by Crippen LogP contribution is 2.25. The van der Waals surface area contributed by atoms with Crippen LogP contribution in [0.25, 0.3) is 0 Å². The molecule has 1 aromatic heterocycles. The summed E-state index contributed by atoms with van der Waals surface area (Å²) in [7, 11) is 0. The van der Waals surface area contributed by atoms with Crippen LogP contribution in [0.3, 0.4) is 0 Å². The number of hydrogen-bond acceptors (Lipinski definition) is 3. The van der Waals surface area contributed by atoms with E-state index < -0.39 is 0 Å². The molecule has 2 aromatic rings. The first-order chi connectivity index (χ1) is 11.3. The molecule has 122 valence electrons. The summed E-state index contributed by atoms with van der Waals surface area (Å²) in [5.74, 6) is 0.921. The second kappa shape index (κ2) is 7.81. The fourth-order valence-corrected chi connectivity index (χ4v) is 2.88. The first-order valence-corrected chi connectivity index (χ1v) is 8.32. The molecule has 0 unspecified atom stereocenters. The maximum absolute atomic E-state index is 11.9. The minimum absolute atomic E-state index is 0.0366. The molecule has 1 N–H and O–H groups in total. The zero-order chi connectivity index (χ0) is 15.9. The van der Waals surface area contributed by atoms with Gasteiger partial charge in [-0.3, -0.25) is 4.79 Å². The molecule has 0 aliphatic heterocycles. The minimum atomic E-state index is 0.0366. The van der Waals surface area contributed by atoms with Gasteiger partial charge in [-0.05, 0) is 56.4 Å². The van der Waals surface area contributed by atoms with Crippen molar-refractivity contribution in [2.45, 2.75) is 51.2 Å². The lowest BCUT2D eigenvalue weighted by atomic mass is 10.2. The molecule has 23 heavy (non-hydrogen) atoms. The van der Waals surface area contributed by atoms with Crippen LogP contribution in [-0.2, 0) is 11.3 Å². The van der Waals surface area contributed by atoms with E-state index in [1.807, 2.05) is 35.0 Å². The summed E-state index contributed by atoms with van der Waals surface area (Å²) < 4.78 is 7.89. The van der Waals surface area contributed by atoms with Gasteiger partial charge >= 0.3 is 0 Å². The largest absolute Gasteiger partial charge is 0.490 e. The van der Waals surface area contributed by atoms with Gasteiger partial charge in [-0.15, -0.1) is 0 Å². The molecule has 3 rings (SSSR count). The van der Waals surface area contributed by atoms with Gasteiger partial charge in [-0.2, -0.15) is 0 Å². The number of carbonyl (C=O) groups is 1. The average Bonchev–Trinajstić information content (AvgIpc) is 3.23. The van der Waals surface area contributed by atoms with E-state index in [0.29, 0.717) is 12.5 Å². The van der Waals surface area contributed by atoms with E-state index in [9.17, 15) is 4.79 Å². The Labute approximate surface area is 136 Å². The van der Waals surface area contributed by atoms with Gasteiger partial charge in [0, 0.05) is 31.0 Å². The van der Waals surface area contributed by atoms with Crippen molar-refractivity contribution < 1.29 is 9.53 Å². The normalized spacial score (nSPS) is 14.8. The predicted octanol–water partition coefficient (Wildman–Crippen LogP) is 3.62. The van der Waals surface area contributed by atoms with Crippen molar-refractivity contribution in [3.63, 3.8) is 0 Å². The zero-order valence-electron chi connectivity index (χ0n) is 13.3. The van der Waals surface area contributed by atoms with E-state index in [-0.39, 0.29) is 5.91 Å². The third-order valence-corrected chi connectivity index (χ3v) is 4.12. The molecule has 1 aromatic carbocycles. The number of carbonyl (C=O) groups excluding carboxylic acids is 1. The fraction of sp³-hybridized carbons (Fsp3) is 0.444. The van der Waals surface area contributed by atoms with Gasteiger partial charge in [0.1, 0.15) is 5.75 Å². The highest BCUT2D eigenvalue weighted by molar-refractivity contribution is 5.90. The topological polar surface area (TPSA) is 56.2 Å². The Hall–Kier alpha value is -2.30. The summed E-state index contributed by atoms with van der Waals surface area (Å²) in [5, 5.41) is 2.92. The number of ether oxygens (including phenoxy) is 1. The highest BCUT2D eigenvalue weighted by atomic mass is 16.5. The minimum Gasteiger partial charge on any atom is -0.490 e. The number of imidazole rings is 1. The van der Waals surface area contributed by atoms with Crippen LogP contribution >= 0.6 is 0 Å². The van der Waals surface area contributed by atoms with Gasteiger partial charge in [-0.1, -0.05) is 0 Å². The molecule has 1 fully saturated rings. The molecule has 0 radical (unpaired) electrons. The smallest absolute Gasteiger partial charge is 0.224 e. The molecule has 5 nitrogen and oxygen atoms in total. The Balaban J connectivity index is 1.41. The third-order valence-electron chi connectivity index (χ3n) is 4.12. The Morgan fingerprint density at radius 1 is 1.26 bits per heavy atom. The molecule has 1 aliphatic rings. The number of nitrogens with zero attached hydrogens (tertiary/aromatic N) is 2. The molecule has 5 heteroatoms. The molecule has 0 atom stereocenters. The lowest BCUT2D eigenvalue weighted by molar-refractivity contribution is -0.116. The van der Waals surface area contributed by atoms with E-state index in [4.69, 9.17) is 4.74 Å². The number of amides is 1. The van der Waals surface area contributed by atoms with Crippen LogP contribution in [0, 0.1) is 0 Å². The summed E-state index contributed by atoms with van der Waals surface area (Å²) >= 11 is 0. The van der Waals surface area contributed by atoms with Crippen molar-refractivity contribution >= 4 is 11.6 Å². The standard InChI is InChI=1S/C18H23N3O2/c22-18(6-3-12-21-13-11-19-14-21)20-15-7-9-17(10-8-15)23-16-4-1-2-5-16/h7-11,13-14,16H,1-6,12H2,(H,20,22). The van der Waals surface area contributed by atoms with E-state index in [1.54, 1.807) is 12.5 Å². The first kappa shape index (κ1) is 15.6. The van der Waals surface area contributed by atoms with Gasteiger partial charge in [0.2, 0.25) is 5.91 Å². The third kappa shape index (κ3) is 4.84. The first-order valence-electron chi connectivity index (χ1n) is 8.32. The van der Waals surface area contributed by atoms with Crippen molar-refractivity contribution in [2.75, 3.05) is 5.32 Å². The number of nitrogens with one attached hydrogen (secondary N) is 1. The zero-order valence-corrected chi connectivity index (χ0v) is 13.3. The number of aromatic nitrogens is 2. The maximum Gasteiger partial charge on any atom is 0.224 e. The summed E-state index contributed by atoms with van der Waals surface area (Å²) in [5.41, 5.74) is 0.816.